The molecule has 1 aromatic heterocycles. The highest BCUT2D eigenvalue weighted by Crippen LogP contribution is 2.65. The molecule has 0 saturated heterocycles. The fraction of sp³-hybridized carbons (Fsp3) is 0.0196. The van der Waals surface area contributed by atoms with E-state index in [0.29, 0.717) is 0 Å². The summed E-state index contributed by atoms with van der Waals surface area (Å²) in [5.41, 5.74) is 17.3. The monoisotopic (exact) mass is 675 g/mol. The van der Waals surface area contributed by atoms with Crippen molar-refractivity contribution in [3.63, 3.8) is 0 Å². The summed E-state index contributed by atoms with van der Waals surface area (Å²) >= 11 is 0. The second-order valence-electron chi connectivity index (χ2n) is 14.0. The molecule has 0 bridgehead atoms. The number of para-hydroxylation sites is 2. The third-order valence-corrected chi connectivity index (χ3v) is 11.3. The normalized spacial score (nSPS) is 14.9. The first kappa shape index (κ1) is 29.8. The van der Waals surface area contributed by atoms with Crippen LogP contribution in [0.3, 0.4) is 0 Å². The van der Waals surface area contributed by atoms with E-state index in [1.54, 1.807) is 0 Å². The predicted octanol–water partition coefficient (Wildman–Crippen LogP) is 13.6. The van der Waals surface area contributed by atoms with Crippen molar-refractivity contribution in [1.82, 2.24) is 0 Å². The van der Waals surface area contributed by atoms with Crippen LogP contribution in [-0.4, -0.2) is 0 Å². The zero-order valence-corrected chi connectivity index (χ0v) is 28.9. The highest BCUT2D eigenvalue weighted by atomic mass is 16.3. The van der Waals surface area contributed by atoms with Gasteiger partial charge in [-0.1, -0.05) is 158 Å². The van der Waals surface area contributed by atoms with Gasteiger partial charge in [0.2, 0.25) is 0 Å². The molecule has 1 spiro atoms. The van der Waals surface area contributed by atoms with Crippen LogP contribution in [0.5, 0.6) is 0 Å². The van der Waals surface area contributed by atoms with E-state index >= 15 is 0 Å². The molecule has 0 saturated carbocycles. The number of hydrogen-bond donors (Lipinski definition) is 0. The van der Waals surface area contributed by atoms with E-state index in [4.69, 9.17) is 4.42 Å². The number of benzene rings is 8. The van der Waals surface area contributed by atoms with Gasteiger partial charge in [-0.15, -0.1) is 0 Å². The molecule has 53 heavy (non-hydrogen) atoms. The Morgan fingerprint density at radius 2 is 0.887 bits per heavy atom. The number of fused-ring (bicyclic) bond motifs is 12. The van der Waals surface area contributed by atoms with Crippen LogP contribution in [0, 0.1) is 0 Å². The van der Waals surface area contributed by atoms with Crippen LogP contribution in [0.1, 0.15) is 22.3 Å². The Morgan fingerprint density at radius 3 is 1.62 bits per heavy atom. The molecule has 248 valence electrons. The summed E-state index contributed by atoms with van der Waals surface area (Å²) in [6, 6.07) is 72.5. The van der Waals surface area contributed by atoms with Gasteiger partial charge in [-0.2, -0.15) is 0 Å². The Bertz CT molecular complexity index is 2840. The Balaban J connectivity index is 1.19. The fourth-order valence-corrected chi connectivity index (χ4v) is 9.14. The molecular formula is C51H33NO. The predicted molar refractivity (Wildman–Crippen MR) is 218 cm³/mol. The molecule has 2 aliphatic rings. The topological polar surface area (TPSA) is 16.4 Å². The van der Waals surface area contributed by atoms with Crippen LogP contribution in [0.25, 0.3) is 55.7 Å². The van der Waals surface area contributed by atoms with Gasteiger partial charge in [0, 0.05) is 33.6 Å². The average Bonchev–Trinajstić information content (AvgIpc) is 3.86. The first-order valence-corrected chi connectivity index (χ1v) is 18.3. The van der Waals surface area contributed by atoms with Crippen LogP contribution >= 0.6 is 0 Å². The molecule has 0 amide bonds. The molecule has 0 aliphatic heterocycles. The number of rotatable bonds is 5. The van der Waals surface area contributed by atoms with Gasteiger partial charge in [-0.3, -0.25) is 0 Å². The van der Waals surface area contributed by atoms with Crippen molar-refractivity contribution in [3.8, 4) is 44.7 Å². The number of furan rings is 1. The van der Waals surface area contributed by atoms with E-state index in [2.05, 4.69) is 205 Å². The van der Waals surface area contributed by atoms with Gasteiger partial charge in [0.1, 0.15) is 11.3 Å². The Morgan fingerprint density at radius 1 is 0.358 bits per heavy atom. The molecular weight excluding hydrogens is 643 g/mol. The second kappa shape index (κ2) is 11.6. The van der Waals surface area contributed by atoms with Crippen LogP contribution in [0.15, 0.2) is 205 Å². The molecule has 11 rings (SSSR count). The molecule has 0 radical (unpaired) electrons. The van der Waals surface area contributed by atoms with Crippen molar-refractivity contribution < 1.29 is 4.42 Å². The van der Waals surface area contributed by atoms with Gasteiger partial charge in [-0.05, 0) is 92.5 Å². The van der Waals surface area contributed by atoms with Crippen molar-refractivity contribution in [2.75, 3.05) is 4.90 Å². The lowest BCUT2D eigenvalue weighted by molar-refractivity contribution is 0.628. The number of hydrogen-bond acceptors (Lipinski definition) is 2. The van der Waals surface area contributed by atoms with E-state index in [-0.39, 0.29) is 0 Å². The molecule has 9 aromatic rings. The van der Waals surface area contributed by atoms with E-state index < -0.39 is 5.41 Å². The Labute approximate surface area is 308 Å². The largest absolute Gasteiger partial charge is 0.456 e. The second-order valence-corrected chi connectivity index (χ2v) is 14.0. The summed E-state index contributed by atoms with van der Waals surface area (Å²) in [5, 5.41) is 1.16. The minimum absolute atomic E-state index is 0.533. The number of nitrogens with zero attached hydrogens (tertiary/aromatic N) is 1. The first-order valence-electron chi connectivity index (χ1n) is 18.3. The van der Waals surface area contributed by atoms with Crippen molar-refractivity contribution in [3.05, 3.63) is 222 Å². The van der Waals surface area contributed by atoms with E-state index in [9.17, 15) is 0 Å². The maximum atomic E-state index is 6.76. The first-order chi connectivity index (χ1) is 26.3. The van der Waals surface area contributed by atoms with E-state index in [1.807, 2.05) is 0 Å². The third-order valence-electron chi connectivity index (χ3n) is 11.3. The van der Waals surface area contributed by atoms with Crippen molar-refractivity contribution in [1.29, 1.82) is 0 Å². The molecule has 2 aliphatic carbocycles. The highest BCUT2D eigenvalue weighted by molar-refractivity contribution is 6.02. The number of anilines is 3. The highest BCUT2D eigenvalue weighted by Gasteiger charge is 2.54. The molecule has 1 heterocycles. The van der Waals surface area contributed by atoms with Gasteiger partial charge in [0.15, 0.2) is 0 Å². The van der Waals surface area contributed by atoms with Crippen molar-refractivity contribution >= 4 is 28.0 Å². The van der Waals surface area contributed by atoms with Crippen LogP contribution in [0.4, 0.5) is 17.1 Å². The Kier molecular flexibility index (Phi) is 6.50. The van der Waals surface area contributed by atoms with Crippen molar-refractivity contribution in [2.24, 2.45) is 0 Å². The molecule has 8 aromatic carbocycles. The molecule has 1 unspecified atom stereocenters. The standard InChI is InChI=1S/C51H33NO/c1-4-16-34(17-5-1)39-30-28-37(32-44(39)35-18-6-2-7-19-35)52(36-20-8-3-9-21-36)38-29-31-41-40-22-10-13-25-45(40)51(47(41)33-38)46-26-14-11-23-42(46)50-49(51)43-24-12-15-27-48(43)53-50/h1-33H. The summed E-state index contributed by atoms with van der Waals surface area (Å²) < 4.78 is 6.76. The summed E-state index contributed by atoms with van der Waals surface area (Å²) in [5.74, 6) is 0.971. The molecule has 1 atom stereocenters. The van der Waals surface area contributed by atoms with E-state index in [0.717, 1.165) is 39.4 Å². The molecule has 2 heteroatoms. The minimum Gasteiger partial charge on any atom is -0.456 e. The summed E-state index contributed by atoms with van der Waals surface area (Å²) in [6.45, 7) is 0. The molecule has 2 nitrogen and oxygen atoms in total. The smallest absolute Gasteiger partial charge is 0.140 e. The molecule has 0 fully saturated rings. The van der Waals surface area contributed by atoms with E-state index in [1.165, 1.54) is 55.6 Å². The van der Waals surface area contributed by atoms with Crippen molar-refractivity contribution in [2.45, 2.75) is 5.41 Å². The maximum Gasteiger partial charge on any atom is 0.140 e. The van der Waals surface area contributed by atoms with Gasteiger partial charge in [0.05, 0.1) is 5.41 Å². The van der Waals surface area contributed by atoms with Crippen LogP contribution < -0.4 is 4.90 Å². The third kappa shape index (κ3) is 4.27. The summed E-state index contributed by atoms with van der Waals surface area (Å²) in [6.07, 6.45) is 0. The summed E-state index contributed by atoms with van der Waals surface area (Å²) in [7, 11) is 0. The van der Waals surface area contributed by atoms with Gasteiger partial charge in [0.25, 0.3) is 0 Å². The van der Waals surface area contributed by atoms with Crippen LogP contribution in [0.2, 0.25) is 0 Å². The zero-order valence-electron chi connectivity index (χ0n) is 28.9. The van der Waals surface area contributed by atoms with Crippen LogP contribution in [-0.2, 0) is 5.41 Å². The summed E-state index contributed by atoms with van der Waals surface area (Å²) in [4.78, 5) is 2.41. The Hall–Kier alpha value is -6.90. The fourth-order valence-electron chi connectivity index (χ4n) is 9.14. The van der Waals surface area contributed by atoms with Gasteiger partial charge < -0.3 is 9.32 Å². The lowest BCUT2D eigenvalue weighted by Crippen LogP contribution is -2.26. The molecule has 0 N–H and O–H groups in total. The SMILES string of the molecule is c1ccc(-c2ccc(N(c3ccccc3)c3ccc4c(c3)C3(c5ccccc5-4)c4ccccc4-c4oc5ccccc5c43)cc2-c2ccccc2)cc1. The lowest BCUT2D eigenvalue weighted by Gasteiger charge is -2.32. The van der Waals surface area contributed by atoms with Gasteiger partial charge >= 0.3 is 0 Å². The lowest BCUT2D eigenvalue weighted by atomic mass is 9.70. The average molecular weight is 676 g/mol. The maximum absolute atomic E-state index is 6.76. The zero-order chi connectivity index (χ0) is 34.9. The quantitative estimate of drug-likeness (QED) is 0.181. The minimum atomic E-state index is -0.533. The van der Waals surface area contributed by atoms with Gasteiger partial charge in [-0.25, -0.2) is 0 Å².